The van der Waals surface area contributed by atoms with Crippen LogP contribution in [-0.4, -0.2) is 13.7 Å². The van der Waals surface area contributed by atoms with Crippen molar-refractivity contribution in [3.8, 4) is 0 Å². The third kappa shape index (κ3) is 1.98. The molecule has 0 saturated heterocycles. The summed E-state index contributed by atoms with van der Waals surface area (Å²) in [6, 6.07) is 6.52. The summed E-state index contributed by atoms with van der Waals surface area (Å²) in [6.07, 6.45) is 4.05. The SMILES string of the molecule is COC1=CCc2cccc([C@H](C)CN)c2C1. The van der Waals surface area contributed by atoms with Crippen molar-refractivity contribution in [2.24, 2.45) is 5.73 Å². The molecule has 0 aromatic heterocycles. The van der Waals surface area contributed by atoms with Crippen molar-refractivity contribution < 1.29 is 4.74 Å². The molecule has 0 saturated carbocycles. The van der Waals surface area contributed by atoms with E-state index in [-0.39, 0.29) is 0 Å². The van der Waals surface area contributed by atoms with E-state index in [2.05, 4.69) is 31.2 Å². The molecule has 1 aliphatic rings. The Balaban J connectivity index is 2.38. The number of hydrogen-bond acceptors (Lipinski definition) is 2. The molecule has 0 amide bonds. The lowest BCUT2D eigenvalue weighted by Crippen LogP contribution is -2.14. The van der Waals surface area contributed by atoms with Gasteiger partial charge in [0, 0.05) is 6.42 Å². The number of nitrogens with two attached hydrogens (primary N) is 1. The Labute approximate surface area is 97.1 Å². The predicted octanol–water partition coefficient (Wildman–Crippen LogP) is 2.38. The van der Waals surface area contributed by atoms with Crippen LogP contribution < -0.4 is 5.73 Å². The molecule has 0 aliphatic heterocycles. The zero-order chi connectivity index (χ0) is 11.5. The van der Waals surface area contributed by atoms with E-state index < -0.39 is 0 Å². The Kier molecular flexibility index (Phi) is 3.30. The highest BCUT2D eigenvalue weighted by Gasteiger charge is 2.17. The van der Waals surface area contributed by atoms with Crippen molar-refractivity contribution in [2.75, 3.05) is 13.7 Å². The molecule has 1 aromatic rings. The van der Waals surface area contributed by atoms with Crippen LogP contribution in [0.4, 0.5) is 0 Å². The highest BCUT2D eigenvalue weighted by atomic mass is 16.5. The maximum Gasteiger partial charge on any atom is 0.0963 e. The van der Waals surface area contributed by atoms with Gasteiger partial charge >= 0.3 is 0 Å². The van der Waals surface area contributed by atoms with Crippen LogP contribution in [0.2, 0.25) is 0 Å². The molecule has 86 valence electrons. The van der Waals surface area contributed by atoms with Crippen molar-refractivity contribution in [1.29, 1.82) is 0 Å². The summed E-state index contributed by atoms with van der Waals surface area (Å²) in [5.41, 5.74) is 9.97. The number of hydrogen-bond donors (Lipinski definition) is 1. The summed E-state index contributed by atoms with van der Waals surface area (Å²) in [5, 5.41) is 0. The largest absolute Gasteiger partial charge is 0.501 e. The highest BCUT2D eigenvalue weighted by Crippen LogP contribution is 2.28. The molecule has 0 radical (unpaired) electrons. The first-order chi connectivity index (χ1) is 7.76. The number of rotatable bonds is 3. The Morgan fingerprint density at radius 3 is 2.94 bits per heavy atom. The van der Waals surface area contributed by atoms with Crippen LogP contribution in [0.5, 0.6) is 0 Å². The van der Waals surface area contributed by atoms with E-state index in [1.165, 1.54) is 16.7 Å². The fourth-order valence-corrected chi connectivity index (χ4v) is 2.28. The number of allylic oxidation sites excluding steroid dienone is 2. The van der Waals surface area contributed by atoms with Crippen molar-refractivity contribution in [3.63, 3.8) is 0 Å². The maximum absolute atomic E-state index is 5.76. The number of methoxy groups -OCH3 is 1. The van der Waals surface area contributed by atoms with E-state index >= 15 is 0 Å². The minimum atomic E-state index is 0.422. The van der Waals surface area contributed by atoms with Crippen LogP contribution in [0.25, 0.3) is 0 Å². The third-order valence-corrected chi connectivity index (χ3v) is 3.36. The minimum absolute atomic E-state index is 0.422. The smallest absolute Gasteiger partial charge is 0.0963 e. The first-order valence-corrected chi connectivity index (χ1v) is 5.80. The number of ether oxygens (including phenoxy) is 1. The molecule has 0 bridgehead atoms. The van der Waals surface area contributed by atoms with E-state index in [0.717, 1.165) is 18.6 Å². The average Bonchev–Trinajstić information content (AvgIpc) is 2.36. The van der Waals surface area contributed by atoms with E-state index in [1.54, 1.807) is 7.11 Å². The van der Waals surface area contributed by atoms with Crippen molar-refractivity contribution in [3.05, 3.63) is 46.7 Å². The second-order valence-electron chi connectivity index (χ2n) is 4.38. The minimum Gasteiger partial charge on any atom is -0.501 e. The topological polar surface area (TPSA) is 35.2 Å². The van der Waals surface area contributed by atoms with Crippen molar-refractivity contribution in [2.45, 2.75) is 25.7 Å². The van der Waals surface area contributed by atoms with Crippen LogP contribution in [0, 0.1) is 0 Å². The van der Waals surface area contributed by atoms with Gasteiger partial charge in [0.2, 0.25) is 0 Å². The third-order valence-electron chi connectivity index (χ3n) is 3.36. The monoisotopic (exact) mass is 217 g/mol. The lowest BCUT2D eigenvalue weighted by Gasteiger charge is -2.22. The Morgan fingerprint density at radius 2 is 2.25 bits per heavy atom. The van der Waals surface area contributed by atoms with Gasteiger partial charge in [0.25, 0.3) is 0 Å². The van der Waals surface area contributed by atoms with E-state index in [4.69, 9.17) is 10.5 Å². The summed E-state index contributed by atoms with van der Waals surface area (Å²) < 4.78 is 5.35. The molecule has 0 unspecified atom stereocenters. The van der Waals surface area contributed by atoms with Crippen molar-refractivity contribution in [1.82, 2.24) is 0 Å². The Bertz CT molecular complexity index is 409. The second-order valence-corrected chi connectivity index (χ2v) is 4.38. The molecule has 2 N–H and O–H groups in total. The predicted molar refractivity (Wildman–Crippen MR) is 66.4 cm³/mol. The molecule has 2 nitrogen and oxygen atoms in total. The van der Waals surface area contributed by atoms with Crippen LogP contribution in [0.3, 0.4) is 0 Å². The molecule has 0 fully saturated rings. The van der Waals surface area contributed by atoms with Gasteiger partial charge in [0.05, 0.1) is 12.9 Å². The summed E-state index contributed by atoms with van der Waals surface area (Å²) in [5.74, 6) is 1.50. The fourth-order valence-electron chi connectivity index (χ4n) is 2.28. The summed E-state index contributed by atoms with van der Waals surface area (Å²) in [4.78, 5) is 0. The molecular formula is C14H19NO. The standard InChI is InChI=1S/C14H19NO/c1-10(9-15)13-5-3-4-11-6-7-12(16-2)8-14(11)13/h3-5,7,10H,6,8-9,15H2,1-2H3/t10-/m1/s1. The van der Waals surface area contributed by atoms with Crippen LogP contribution in [-0.2, 0) is 17.6 Å². The molecule has 2 heteroatoms. The quantitative estimate of drug-likeness (QED) is 0.843. The van der Waals surface area contributed by atoms with E-state index in [0.29, 0.717) is 12.5 Å². The maximum atomic E-state index is 5.76. The number of benzene rings is 1. The molecule has 0 spiro atoms. The lowest BCUT2D eigenvalue weighted by molar-refractivity contribution is 0.279. The lowest BCUT2D eigenvalue weighted by atomic mass is 9.86. The van der Waals surface area contributed by atoms with Gasteiger partial charge in [0.1, 0.15) is 0 Å². The van der Waals surface area contributed by atoms with Gasteiger partial charge in [-0.3, -0.25) is 0 Å². The molecule has 0 heterocycles. The van der Waals surface area contributed by atoms with Gasteiger partial charge in [-0.15, -0.1) is 0 Å². The van der Waals surface area contributed by atoms with E-state index in [9.17, 15) is 0 Å². The Morgan fingerprint density at radius 1 is 1.44 bits per heavy atom. The zero-order valence-electron chi connectivity index (χ0n) is 9.99. The summed E-state index contributed by atoms with van der Waals surface area (Å²) >= 11 is 0. The first kappa shape index (κ1) is 11.2. The van der Waals surface area contributed by atoms with Crippen LogP contribution >= 0.6 is 0 Å². The molecule has 2 rings (SSSR count). The van der Waals surface area contributed by atoms with Gasteiger partial charge in [-0.1, -0.05) is 25.1 Å². The fraction of sp³-hybridized carbons (Fsp3) is 0.429. The van der Waals surface area contributed by atoms with Gasteiger partial charge in [0.15, 0.2) is 0 Å². The molecule has 1 atom stereocenters. The molecule has 16 heavy (non-hydrogen) atoms. The van der Waals surface area contributed by atoms with Gasteiger partial charge < -0.3 is 10.5 Å². The molecule has 1 aromatic carbocycles. The zero-order valence-corrected chi connectivity index (χ0v) is 9.99. The average molecular weight is 217 g/mol. The first-order valence-electron chi connectivity index (χ1n) is 5.80. The summed E-state index contributed by atoms with van der Waals surface area (Å²) in [6.45, 7) is 2.88. The highest BCUT2D eigenvalue weighted by molar-refractivity contribution is 5.43. The van der Waals surface area contributed by atoms with Crippen LogP contribution in [0.15, 0.2) is 30.0 Å². The van der Waals surface area contributed by atoms with E-state index in [1.807, 2.05) is 0 Å². The second kappa shape index (κ2) is 4.71. The van der Waals surface area contributed by atoms with Gasteiger partial charge in [-0.2, -0.15) is 0 Å². The normalized spacial score (nSPS) is 16.3. The van der Waals surface area contributed by atoms with Crippen molar-refractivity contribution >= 4 is 0 Å². The Hall–Kier alpha value is -1.28. The molecular weight excluding hydrogens is 198 g/mol. The number of fused-ring (bicyclic) bond motifs is 1. The van der Waals surface area contributed by atoms with Crippen LogP contribution in [0.1, 0.15) is 29.5 Å². The molecule has 1 aliphatic carbocycles. The summed E-state index contributed by atoms with van der Waals surface area (Å²) in [7, 11) is 1.74. The van der Waals surface area contributed by atoms with Gasteiger partial charge in [-0.25, -0.2) is 0 Å². The van der Waals surface area contributed by atoms with Gasteiger partial charge in [-0.05, 0) is 41.6 Å².